The van der Waals surface area contributed by atoms with Crippen molar-refractivity contribution >= 4 is 58.1 Å². The molecule has 8 nitrogen and oxygen atoms in total. The standard InChI is InChI=1S/C34H45ClN2O6SSi/c1-21-16-26(42-20-40-6)28(24-12-10-23(11-13-24)22(2)18-36-33(39)43-34(3,4)5)29-25-17-27(35)44-31(25)32(38)37(30(21)29)19-41-14-15-45(7,8)9/h10-13,16-17,22H,14-15,18-20H2,1-9H3,(H,36,39). The number of methoxy groups -OCH3 is 1. The first kappa shape index (κ1) is 35.0. The number of carbonyl (C=O) groups excluding carboxylic acids is 1. The summed E-state index contributed by atoms with van der Waals surface area (Å²) < 4.78 is 25.8. The second-order valence-corrected chi connectivity index (χ2v) is 20.9. The summed E-state index contributed by atoms with van der Waals surface area (Å²) in [7, 11) is 0.281. The number of pyridine rings is 1. The zero-order valence-corrected chi connectivity index (χ0v) is 30.3. The van der Waals surface area contributed by atoms with E-state index >= 15 is 0 Å². The lowest BCUT2D eigenvalue weighted by Crippen LogP contribution is -2.34. The van der Waals surface area contributed by atoms with Crippen molar-refractivity contribution in [2.24, 2.45) is 0 Å². The number of amides is 1. The van der Waals surface area contributed by atoms with Crippen LogP contribution in [0.2, 0.25) is 30.0 Å². The van der Waals surface area contributed by atoms with Gasteiger partial charge in [-0.15, -0.1) is 11.3 Å². The van der Waals surface area contributed by atoms with Crippen LogP contribution in [0.25, 0.3) is 32.1 Å². The summed E-state index contributed by atoms with van der Waals surface area (Å²) in [4.78, 5) is 26.1. The van der Waals surface area contributed by atoms with Gasteiger partial charge >= 0.3 is 6.09 Å². The third-order valence-electron chi connectivity index (χ3n) is 7.40. The minimum Gasteiger partial charge on any atom is -0.467 e. The third-order valence-corrected chi connectivity index (χ3v) is 10.4. The number of aryl methyl sites for hydroxylation is 1. The second kappa shape index (κ2) is 14.3. The predicted octanol–water partition coefficient (Wildman–Crippen LogP) is 8.77. The Morgan fingerprint density at radius 1 is 1.13 bits per heavy atom. The van der Waals surface area contributed by atoms with Crippen LogP contribution < -0.4 is 15.6 Å². The molecule has 4 aromatic rings. The van der Waals surface area contributed by atoms with Crippen LogP contribution in [0.1, 0.15) is 44.7 Å². The minimum atomic E-state index is -1.30. The van der Waals surface area contributed by atoms with Gasteiger partial charge in [-0.3, -0.25) is 9.36 Å². The smallest absolute Gasteiger partial charge is 0.407 e. The van der Waals surface area contributed by atoms with Crippen LogP contribution in [0.3, 0.4) is 0 Å². The molecular weight excluding hydrogens is 628 g/mol. The summed E-state index contributed by atoms with van der Waals surface area (Å²) in [5.41, 5.74) is 3.80. The number of thiophene rings is 1. The topological polar surface area (TPSA) is 88.0 Å². The summed E-state index contributed by atoms with van der Waals surface area (Å²) in [5, 5.41) is 4.52. The van der Waals surface area contributed by atoms with E-state index < -0.39 is 19.8 Å². The number of benzene rings is 2. The summed E-state index contributed by atoms with van der Waals surface area (Å²) in [6.45, 7) is 17.7. The lowest BCUT2D eigenvalue weighted by Gasteiger charge is -2.22. The molecular formula is C34H45ClN2O6SSi. The molecule has 244 valence electrons. The zero-order chi connectivity index (χ0) is 33.1. The van der Waals surface area contributed by atoms with Gasteiger partial charge in [0.05, 0.1) is 9.85 Å². The normalized spacial score (nSPS) is 12.9. The molecule has 11 heteroatoms. The molecule has 0 fully saturated rings. The van der Waals surface area contributed by atoms with Crippen LogP contribution in [-0.2, 0) is 20.9 Å². The molecule has 0 bridgehead atoms. The van der Waals surface area contributed by atoms with E-state index in [1.165, 1.54) is 11.3 Å². The van der Waals surface area contributed by atoms with E-state index in [0.717, 1.165) is 44.6 Å². The van der Waals surface area contributed by atoms with Crippen LogP contribution in [0.5, 0.6) is 5.75 Å². The van der Waals surface area contributed by atoms with Gasteiger partial charge in [-0.25, -0.2) is 4.79 Å². The number of aromatic nitrogens is 1. The van der Waals surface area contributed by atoms with Gasteiger partial charge < -0.3 is 24.3 Å². The van der Waals surface area contributed by atoms with E-state index in [2.05, 4.69) is 44.0 Å². The van der Waals surface area contributed by atoms with Gasteiger partial charge in [0, 0.05) is 44.7 Å². The maximum atomic E-state index is 13.9. The number of hydrogen-bond acceptors (Lipinski definition) is 7. The molecule has 0 radical (unpaired) electrons. The van der Waals surface area contributed by atoms with Crippen LogP contribution in [0.15, 0.2) is 41.2 Å². The highest BCUT2D eigenvalue weighted by Crippen LogP contribution is 2.44. The number of hydrogen-bond donors (Lipinski definition) is 1. The summed E-state index contributed by atoms with van der Waals surface area (Å²) in [5.74, 6) is 0.689. The lowest BCUT2D eigenvalue weighted by atomic mass is 9.92. The van der Waals surface area contributed by atoms with Crippen LogP contribution >= 0.6 is 22.9 Å². The predicted molar refractivity (Wildman–Crippen MR) is 188 cm³/mol. The number of nitrogens with zero attached hydrogens (tertiary/aromatic N) is 1. The number of halogens is 1. The SMILES string of the molecule is COCOc1cc(C)c2c(c1-c1ccc(C(C)CNC(=O)OC(C)(C)C)cc1)c1cc(Cl)sc1c(=O)n2COCC[Si](C)(C)C. The Morgan fingerprint density at radius 3 is 2.44 bits per heavy atom. The van der Waals surface area contributed by atoms with E-state index in [-0.39, 0.29) is 25.0 Å². The maximum Gasteiger partial charge on any atom is 0.407 e. The van der Waals surface area contributed by atoms with Crippen molar-refractivity contribution in [1.29, 1.82) is 0 Å². The fraction of sp³-hybridized carbons (Fsp3) is 0.471. The van der Waals surface area contributed by atoms with Crippen molar-refractivity contribution in [2.45, 2.75) is 78.6 Å². The van der Waals surface area contributed by atoms with Gasteiger partial charge in [0.15, 0.2) is 6.79 Å². The largest absolute Gasteiger partial charge is 0.467 e. The molecule has 0 aliphatic rings. The first-order valence-corrected chi connectivity index (χ1v) is 20.1. The van der Waals surface area contributed by atoms with Gasteiger partial charge in [0.25, 0.3) is 5.56 Å². The average Bonchev–Trinajstić information content (AvgIpc) is 3.35. The molecule has 0 saturated carbocycles. The van der Waals surface area contributed by atoms with Crippen molar-refractivity contribution < 1.29 is 23.7 Å². The number of nitrogens with one attached hydrogen (secondary N) is 1. The molecule has 2 heterocycles. The Kier molecular flexibility index (Phi) is 11.1. The maximum absolute atomic E-state index is 13.9. The van der Waals surface area contributed by atoms with Crippen LogP contribution in [-0.4, -0.2) is 51.4 Å². The quantitative estimate of drug-likeness (QED) is 0.0920. The van der Waals surface area contributed by atoms with E-state index in [9.17, 15) is 9.59 Å². The molecule has 0 spiro atoms. The molecule has 1 amide bonds. The highest BCUT2D eigenvalue weighted by molar-refractivity contribution is 7.22. The number of alkyl carbamates (subject to hydrolysis) is 1. The molecule has 1 atom stereocenters. The Labute approximate surface area is 275 Å². The van der Waals surface area contributed by atoms with Crippen molar-refractivity contribution in [1.82, 2.24) is 9.88 Å². The molecule has 4 rings (SSSR count). The van der Waals surface area contributed by atoms with Crippen LogP contribution in [0.4, 0.5) is 4.79 Å². The monoisotopic (exact) mass is 672 g/mol. The van der Waals surface area contributed by atoms with Gasteiger partial charge in [-0.2, -0.15) is 0 Å². The summed E-state index contributed by atoms with van der Waals surface area (Å²) in [6, 6.07) is 13.0. The molecule has 2 aromatic heterocycles. The zero-order valence-electron chi connectivity index (χ0n) is 27.8. The van der Waals surface area contributed by atoms with Crippen molar-refractivity contribution in [3.8, 4) is 16.9 Å². The van der Waals surface area contributed by atoms with Crippen molar-refractivity contribution in [3.05, 3.63) is 62.2 Å². The Morgan fingerprint density at radius 2 is 1.82 bits per heavy atom. The first-order valence-electron chi connectivity index (χ1n) is 15.2. The van der Waals surface area contributed by atoms with Crippen molar-refractivity contribution in [3.63, 3.8) is 0 Å². The molecule has 2 aromatic carbocycles. The van der Waals surface area contributed by atoms with Crippen LogP contribution in [0, 0.1) is 6.92 Å². The lowest BCUT2D eigenvalue weighted by molar-refractivity contribution is 0.0514. The fourth-order valence-electron chi connectivity index (χ4n) is 5.14. The molecule has 45 heavy (non-hydrogen) atoms. The van der Waals surface area contributed by atoms with E-state index in [4.69, 9.17) is 30.5 Å². The number of ether oxygens (including phenoxy) is 4. The average molecular weight is 673 g/mol. The second-order valence-electron chi connectivity index (χ2n) is 13.6. The molecule has 0 aliphatic carbocycles. The number of carbonyl (C=O) groups is 1. The molecule has 0 saturated heterocycles. The van der Waals surface area contributed by atoms with Gasteiger partial charge in [-0.1, -0.05) is 62.4 Å². The van der Waals surface area contributed by atoms with Crippen molar-refractivity contribution in [2.75, 3.05) is 27.1 Å². The third kappa shape index (κ3) is 8.68. The van der Waals surface area contributed by atoms with E-state index in [1.807, 2.05) is 52.0 Å². The Bertz CT molecular complexity index is 1720. The number of fused-ring (bicyclic) bond motifs is 3. The van der Waals surface area contributed by atoms with Gasteiger partial charge in [-0.05, 0) is 68.5 Å². The summed E-state index contributed by atoms with van der Waals surface area (Å²) >= 11 is 7.82. The van der Waals surface area contributed by atoms with Gasteiger partial charge in [0.1, 0.15) is 22.8 Å². The Balaban J connectivity index is 1.81. The Hall–Kier alpha value is -2.89. The molecule has 1 N–H and O–H groups in total. The minimum absolute atomic E-state index is 0.0476. The van der Waals surface area contributed by atoms with E-state index in [0.29, 0.717) is 27.9 Å². The molecule has 0 aliphatic heterocycles. The summed E-state index contributed by atoms with van der Waals surface area (Å²) in [6.07, 6.45) is -0.439. The fourth-order valence-corrected chi connectivity index (χ4v) is 7.08. The highest BCUT2D eigenvalue weighted by Gasteiger charge is 2.23. The molecule has 1 unspecified atom stereocenters. The first-order chi connectivity index (χ1) is 21.1. The van der Waals surface area contributed by atoms with E-state index in [1.54, 1.807) is 11.7 Å². The number of rotatable bonds is 12. The highest BCUT2D eigenvalue weighted by atomic mass is 35.5. The van der Waals surface area contributed by atoms with Gasteiger partial charge in [0.2, 0.25) is 0 Å².